The first-order valence-electron chi connectivity index (χ1n) is 6.89. The van der Waals surface area contributed by atoms with Crippen molar-refractivity contribution in [2.24, 2.45) is 7.05 Å². The van der Waals surface area contributed by atoms with Crippen LogP contribution in [0.25, 0.3) is 11.0 Å². The molecule has 0 aliphatic rings. The van der Waals surface area contributed by atoms with E-state index in [2.05, 4.69) is 33.8 Å². The van der Waals surface area contributed by atoms with E-state index in [1.807, 2.05) is 30.1 Å². The Labute approximate surface area is 118 Å². The Bertz CT molecular complexity index is 738. The Morgan fingerprint density at radius 1 is 1.30 bits per heavy atom. The molecule has 0 unspecified atom stereocenters. The number of fused-ring (bicyclic) bond motifs is 1. The van der Waals surface area contributed by atoms with Crippen molar-refractivity contribution < 1.29 is 0 Å². The molecule has 20 heavy (non-hydrogen) atoms. The van der Waals surface area contributed by atoms with Crippen molar-refractivity contribution in [1.82, 2.24) is 19.3 Å². The average Bonchev–Trinajstić information content (AvgIpc) is 2.99. The molecule has 0 spiro atoms. The van der Waals surface area contributed by atoms with Crippen LogP contribution in [0.3, 0.4) is 0 Å². The second-order valence-corrected chi connectivity index (χ2v) is 5.05. The van der Waals surface area contributed by atoms with E-state index in [1.54, 1.807) is 0 Å². The van der Waals surface area contributed by atoms with Gasteiger partial charge in [-0.1, -0.05) is 6.92 Å². The predicted molar refractivity (Wildman–Crippen MR) is 80.4 cm³/mol. The summed E-state index contributed by atoms with van der Waals surface area (Å²) in [5.41, 5.74) is 9.97. The molecule has 0 fully saturated rings. The highest BCUT2D eigenvalue weighted by Gasteiger charge is 2.09. The molecule has 0 radical (unpaired) electrons. The Kier molecular flexibility index (Phi) is 3.18. The molecule has 0 aliphatic carbocycles. The highest BCUT2D eigenvalue weighted by Crippen LogP contribution is 2.20. The van der Waals surface area contributed by atoms with Gasteiger partial charge in [-0.25, -0.2) is 4.98 Å². The average molecular weight is 269 g/mol. The number of hydrogen-bond acceptors (Lipinski definition) is 3. The van der Waals surface area contributed by atoms with Crippen LogP contribution >= 0.6 is 0 Å². The van der Waals surface area contributed by atoms with Gasteiger partial charge in [0.2, 0.25) is 0 Å². The van der Waals surface area contributed by atoms with Crippen molar-refractivity contribution in [3.8, 4) is 0 Å². The fourth-order valence-electron chi connectivity index (χ4n) is 2.56. The largest absolute Gasteiger partial charge is 0.399 e. The molecule has 0 aliphatic heterocycles. The van der Waals surface area contributed by atoms with E-state index >= 15 is 0 Å². The van der Waals surface area contributed by atoms with Crippen molar-refractivity contribution >= 4 is 16.7 Å². The molecule has 5 nitrogen and oxygen atoms in total. The van der Waals surface area contributed by atoms with Gasteiger partial charge in [-0.3, -0.25) is 4.68 Å². The first kappa shape index (κ1) is 12.7. The molecule has 0 atom stereocenters. The van der Waals surface area contributed by atoms with Crippen LogP contribution in [0.5, 0.6) is 0 Å². The normalized spacial score (nSPS) is 11.3. The lowest BCUT2D eigenvalue weighted by Crippen LogP contribution is -2.05. The van der Waals surface area contributed by atoms with Crippen molar-refractivity contribution in [2.75, 3.05) is 5.73 Å². The van der Waals surface area contributed by atoms with Crippen LogP contribution in [-0.2, 0) is 26.4 Å². The Balaban J connectivity index is 1.93. The summed E-state index contributed by atoms with van der Waals surface area (Å²) in [6.45, 7) is 3.04. The number of nitrogens with zero attached hydrogens (tertiary/aromatic N) is 4. The highest BCUT2D eigenvalue weighted by atomic mass is 15.2. The molecule has 0 saturated heterocycles. The van der Waals surface area contributed by atoms with Gasteiger partial charge in [0.05, 0.1) is 17.2 Å². The minimum Gasteiger partial charge on any atom is -0.399 e. The van der Waals surface area contributed by atoms with Gasteiger partial charge in [0.15, 0.2) is 0 Å². The lowest BCUT2D eigenvalue weighted by Gasteiger charge is -2.07. The molecule has 3 rings (SSSR count). The lowest BCUT2D eigenvalue weighted by atomic mass is 10.2. The molecule has 0 saturated carbocycles. The van der Waals surface area contributed by atoms with Gasteiger partial charge in [-0.15, -0.1) is 0 Å². The molecule has 0 amide bonds. The summed E-state index contributed by atoms with van der Waals surface area (Å²) in [4.78, 5) is 4.67. The van der Waals surface area contributed by atoms with E-state index in [4.69, 9.17) is 5.73 Å². The van der Waals surface area contributed by atoms with Crippen LogP contribution < -0.4 is 5.73 Å². The topological polar surface area (TPSA) is 61.7 Å². The number of nitrogens with two attached hydrogens (primary N) is 1. The third-order valence-corrected chi connectivity index (χ3v) is 3.55. The Morgan fingerprint density at radius 2 is 2.15 bits per heavy atom. The van der Waals surface area contributed by atoms with Crippen molar-refractivity contribution in [3.05, 3.63) is 42.0 Å². The van der Waals surface area contributed by atoms with E-state index in [-0.39, 0.29) is 0 Å². The van der Waals surface area contributed by atoms with Crippen LogP contribution in [0.15, 0.2) is 30.6 Å². The number of hydrogen-bond donors (Lipinski definition) is 1. The zero-order valence-electron chi connectivity index (χ0n) is 11.9. The predicted octanol–water partition coefficient (Wildman–Crippen LogP) is 2.16. The number of rotatable bonds is 4. The molecule has 1 aromatic carbocycles. The standard InChI is InChI=1S/C15H19N5/c1-3-15-18-13-8-12(16)4-5-14(13)20(15)7-6-11-9-17-19(2)10-11/h4-5,8-10H,3,6-7,16H2,1-2H3. The molecular formula is C15H19N5. The zero-order valence-corrected chi connectivity index (χ0v) is 11.9. The van der Waals surface area contributed by atoms with Gasteiger partial charge >= 0.3 is 0 Å². The minimum atomic E-state index is 0.761. The van der Waals surface area contributed by atoms with E-state index in [0.717, 1.165) is 41.9 Å². The van der Waals surface area contributed by atoms with Crippen LogP contribution in [0, 0.1) is 0 Å². The molecule has 3 aromatic rings. The van der Waals surface area contributed by atoms with E-state index in [1.165, 1.54) is 5.56 Å². The van der Waals surface area contributed by atoms with Crippen LogP contribution in [0.4, 0.5) is 5.69 Å². The molecule has 0 bridgehead atoms. The lowest BCUT2D eigenvalue weighted by molar-refractivity contribution is 0.673. The number of aryl methyl sites for hydroxylation is 4. The van der Waals surface area contributed by atoms with Gasteiger partial charge in [-0.2, -0.15) is 5.10 Å². The first-order valence-corrected chi connectivity index (χ1v) is 6.89. The maximum Gasteiger partial charge on any atom is 0.109 e. The fraction of sp³-hybridized carbons (Fsp3) is 0.333. The van der Waals surface area contributed by atoms with Gasteiger partial charge in [-0.05, 0) is 30.2 Å². The van der Waals surface area contributed by atoms with Crippen molar-refractivity contribution in [3.63, 3.8) is 0 Å². The van der Waals surface area contributed by atoms with E-state index in [0.29, 0.717) is 0 Å². The quantitative estimate of drug-likeness (QED) is 0.738. The maximum absolute atomic E-state index is 5.83. The second kappa shape index (κ2) is 5.00. The van der Waals surface area contributed by atoms with Crippen LogP contribution in [0.2, 0.25) is 0 Å². The molecule has 5 heteroatoms. The third kappa shape index (κ3) is 2.27. The molecule has 2 aromatic heterocycles. The number of aromatic nitrogens is 4. The molecule has 2 heterocycles. The van der Waals surface area contributed by atoms with Crippen LogP contribution in [-0.4, -0.2) is 19.3 Å². The zero-order chi connectivity index (χ0) is 14.1. The number of anilines is 1. The third-order valence-electron chi connectivity index (χ3n) is 3.55. The van der Waals surface area contributed by atoms with E-state index < -0.39 is 0 Å². The smallest absolute Gasteiger partial charge is 0.109 e. The monoisotopic (exact) mass is 269 g/mol. The van der Waals surface area contributed by atoms with Crippen LogP contribution in [0.1, 0.15) is 18.3 Å². The summed E-state index contributed by atoms with van der Waals surface area (Å²) < 4.78 is 4.12. The molecule has 104 valence electrons. The molecular weight excluding hydrogens is 250 g/mol. The van der Waals surface area contributed by atoms with Gasteiger partial charge in [0.1, 0.15) is 5.82 Å². The van der Waals surface area contributed by atoms with Gasteiger partial charge < -0.3 is 10.3 Å². The Morgan fingerprint density at radius 3 is 2.85 bits per heavy atom. The van der Waals surface area contributed by atoms with Crippen molar-refractivity contribution in [1.29, 1.82) is 0 Å². The van der Waals surface area contributed by atoms with Gasteiger partial charge in [0, 0.05) is 31.9 Å². The second-order valence-electron chi connectivity index (χ2n) is 5.05. The SMILES string of the molecule is CCc1nc2cc(N)ccc2n1CCc1cnn(C)c1. The number of benzene rings is 1. The first-order chi connectivity index (χ1) is 9.67. The minimum absolute atomic E-state index is 0.761. The van der Waals surface area contributed by atoms with Gasteiger partial charge in [0.25, 0.3) is 0 Å². The fourth-order valence-corrected chi connectivity index (χ4v) is 2.56. The summed E-state index contributed by atoms with van der Waals surface area (Å²) in [5, 5.41) is 4.21. The summed E-state index contributed by atoms with van der Waals surface area (Å²) in [7, 11) is 1.94. The highest BCUT2D eigenvalue weighted by molar-refractivity contribution is 5.79. The van der Waals surface area contributed by atoms with Crippen molar-refractivity contribution in [2.45, 2.75) is 26.3 Å². The summed E-state index contributed by atoms with van der Waals surface area (Å²) in [5.74, 6) is 1.11. The summed E-state index contributed by atoms with van der Waals surface area (Å²) in [6.07, 6.45) is 5.85. The number of nitrogen functional groups attached to an aromatic ring is 1. The summed E-state index contributed by atoms with van der Waals surface area (Å²) in [6, 6.07) is 5.93. The Hall–Kier alpha value is -2.30. The number of imidazole rings is 1. The molecule has 2 N–H and O–H groups in total. The maximum atomic E-state index is 5.83. The summed E-state index contributed by atoms with van der Waals surface area (Å²) >= 11 is 0. The van der Waals surface area contributed by atoms with E-state index in [9.17, 15) is 0 Å².